The van der Waals surface area contributed by atoms with Crippen LogP contribution >= 0.6 is 11.6 Å². The van der Waals surface area contributed by atoms with Crippen molar-refractivity contribution in [2.45, 2.75) is 69.5 Å². The molecule has 11 heteroatoms. The lowest BCUT2D eigenvalue weighted by Crippen LogP contribution is -2.57. The molecule has 0 saturated carbocycles. The van der Waals surface area contributed by atoms with Gasteiger partial charge in [0.25, 0.3) is 0 Å². The molecule has 3 N–H and O–H groups in total. The van der Waals surface area contributed by atoms with Crippen LogP contribution in [0.3, 0.4) is 0 Å². The molecule has 2 fully saturated rings. The smallest absolute Gasteiger partial charge is 0.319 e. The van der Waals surface area contributed by atoms with E-state index in [2.05, 4.69) is 16.0 Å². The number of anilines is 1. The van der Waals surface area contributed by atoms with Gasteiger partial charge < -0.3 is 30.3 Å². The Morgan fingerprint density at radius 1 is 1.11 bits per heavy atom. The van der Waals surface area contributed by atoms with Gasteiger partial charge in [0, 0.05) is 23.4 Å². The van der Waals surface area contributed by atoms with Crippen molar-refractivity contribution in [3.8, 4) is 0 Å². The van der Waals surface area contributed by atoms with Crippen LogP contribution in [-0.2, 0) is 23.9 Å². The van der Waals surface area contributed by atoms with E-state index in [1.54, 1.807) is 36.1 Å². The summed E-state index contributed by atoms with van der Waals surface area (Å²) in [6.07, 6.45) is 5.11. The molecular weight excluding hydrogens is 476 g/mol. The van der Waals surface area contributed by atoms with Crippen molar-refractivity contribution in [3.05, 3.63) is 41.4 Å². The second-order valence-corrected chi connectivity index (χ2v) is 9.16. The van der Waals surface area contributed by atoms with E-state index in [0.29, 0.717) is 43.0 Å². The molecule has 3 aliphatic rings. The third-order valence-electron chi connectivity index (χ3n) is 6.33. The standard InChI is InChI=1S/C24H29ClN4O6/c1-2-34-23-18(13-20(30)35-23)27-21(31)19-12-11-16-5-3-4-6-17(22(32)29(16)19)28-24(33)26-15-9-7-14(25)8-10-15/h3-4,7-10,16-19,23H,2,5-6,11-13H2,1H3,(H,27,31)(H2,26,28,33)/t16-,17+,18?,19+,23?/m1/s1. The summed E-state index contributed by atoms with van der Waals surface area (Å²) in [5.41, 5.74) is 0.536. The maximum Gasteiger partial charge on any atom is 0.319 e. The molecule has 1 aromatic rings. The molecule has 1 aromatic carbocycles. The summed E-state index contributed by atoms with van der Waals surface area (Å²) >= 11 is 5.88. The van der Waals surface area contributed by atoms with Crippen LogP contribution in [0.1, 0.15) is 39.0 Å². The summed E-state index contributed by atoms with van der Waals surface area (Å²) < 4.78 is 10.6. The Bertz CT molecular complexity index is 1000. The SMILES string of the molecule is CCOC1OC(=O)CC1NC(=O)[C@@H]1CC[C@H]2CC=CC[C@H](NC(=O)Nc3ccc(Cl)cc3)C(=O)N21. The second kappa shape index (κ2) is 11.1. The summed E-state index contributed by atoms with van der Waals surface area (Å²) in [6.45, 7) is 2.10. The molecule has 4 amide bonds. The molecule has 0 bridgehead atoms. The van der Waals surface area contributed by atoms with E-state index in [0.717, 1.165) is 0 Å². The predicted molar refractivity (Wildman–Crippen MR) is 127 cm³/mol. The van der Waals surface area contributed by atoms with Gasteiger partial charge in [-0.25, -0.2) is 4.79 Å². The zero-order valence-corrected chi connectivity index (χ0v) is 20.1. The number of benzene rings is 1. The molecule has 3 aliphatic heterocycles. The average molecular weight is 505 g/mol. The minimum atomic E-state index is -0.842. The quantitative estimate of drug-likeness (QED) is 0.403. The highest BCUT2D eigenvalue weighted by atomic mass is 35.5. The van der Waals surface area contributed by atoms with Gasteiger partial charge in [0.1, 0.15) is 18.1 Å². The van der Waals surface area contributed by atoms with Crippen molar-refractivity contribution in [2.24, 2.45) is 0 Å². The summed E-state index contributed by atoms with van der Waals surface area (Å²) in [6, 6.07) is 3.79. The number of nitrogens with one attached hydrogen (secondary N) is 3. The number of nitrogens with zero attached hydrogens (tertiary/aromatic N) is 1. The number of cyclic esters (lactones) is 1. The topological polar surface area (TPSA) is 126 Å². The molecule has 10 nitrogen and oxygen atoms in total. The number of carbonyl (C=O) groups excluding carboxylic acids is 4. The van der Waals surface area contributed by atoms with Crippen LogP contribution in [0.2, 0.25) is 5.02 Å². The summed E-state index contributed by atoms with van der Waals surface area (Å²) in [7, 11) is 0. The molecule has 0 radical (unpaired) electrons. The number of esters is 1. The zero-order valence-electron chi connectivity index (χ0n) is 19.4. The lowest BCUT2D eigenvalue weighted by molar-refractivity contribution is -0.164. The Morgan fingerprint density at radius 2 is 1.86 bits per heavy atom. The largest absolute Gasteiger partial charge is 0.433 e. The molecule has 188 valence electrons. The lowest BCUT2D eigenvalue weighted by Gasteiger charge is -2.34. The second-order valence-electron chi connectivity index (χ2n) is 8.73. The first kappa shape index (κ1) is 25.0. The molecule has 3 heterocycles. The Morgan fingerprint density at radius 3 is 2.60 bits per heavy atom. The minimum Gasteiger partial charge on any atom is -0.433 e. The normalized spacial score (nSPS) is 28.1. The van der Waals surface area contributed by atoms with Crippen LogP contribution in [0.5, 0.6) is 0 Å². The van der Waals surface area contributed by atoms with Crippen LogP contribution < -0.4 is 16.0 Å². The Kier molecular flexibility index (Phi) is 7.92. The molecule has 0 aromatic heterocycles. The van der Waals surface area contributed by atoms with E-state index >= 15 is 0 Å². The van der Waals surface area contributed by atoms with Crippen LogP contribution in [0, 0.1) is 0 Å². The zero-order chi connectivity index (χ0) is 24.9. The Hall–Kier alpha value is -3.11. The fourth-order valence-corrected chi connectivity index (χ4v) is 4.82. The molecule has 35 heavy (non-hydrogen) atoms. The van der Waals surface area contributed by atoms with Crippen molar-refractivity contribution in [2.75, 3.05) is 11.9 Å². The lowest BCUT2D eigenvalue weighted by atomic mass is 10.0. The van der Waals surface area contributed by atoms with E-state index in [-0.39, 0.29) is 24.3 Å². The van der Waals surface area contributed by atoms with Gasteiger partial charge in [-0.1, -0.05) is 23.8 Å². The van der Waals surface area contributed by atoms with E-state index in [4.69, 9.17) is 21.1 Å². The van der Waals surface area contributed by atoms with Crippen LogP contribution in [-0.4, -0.2) is 65.8 Å². The van der Waals surface area contributed by atoms with E-state index in [1.807, 2.05) is 12.2 Å². The van der Waals surface area contributed by atoms with Crippen molar-refractivity contribution >= 4 is 41.1 Å². The van der Waals surface area contributed by atoms with Gasteiger partial charge in [-0.05, 0) is 56.9 Å². The number of hydrogen-bond acceptors (Lipinski definition) is 6. The first-order chi connectivity index (χ1) is 16.9. The van der Waals surface area contributed by atoms with Gasteiger partial charge in [0.2, 0.25) is 18.1 Å². The van der Waals surface area contributed by atoms with Crippen molar-refractivity contribution < 1.29 is 28.7 Å². The number of ether oxygens (including phenoxy) is 2. The molecule has 4 rings (SSSR count). The Balaban J connectivity index is 1.43. The van der Waals surface area contributed by atoms with Gasteiger partial charge in [-0.2, -0.15) is 0 Å². The van der Waals surface area contributed by atoms with Gasteiger partial charge in [-0.3, -0.25) is 14.4 Å². The van der Waals surface area contributed by atoms with E-state index < -0.39 is 36.4 Å². The van der Waals surface area contributed by atoms with Crippen molar-refractivity contribution in [1.29, 1.82) is 0 Å². The third kappa shape index (κ3) is 5.94. The summed E-state index contributed by atoms with van der Waals surface area (Å²) in [5, 5.41) is 8.81. The summed E-state index contributed by atoms with van der Waals surface area (Å²) in [5.74, 6) is -1.12. The number of amides is 4. The number of hydrogen-bond donors (Lipinski definition) is 3. The summed E-state index contributed by atoms with van der Waals surface area (Å²) in [4.78, 5) is 52.6. The van der Waals surface area contributed by atoms with Gasteiger partial charge in [0.05, 0.1) is 6.42 Å². The van der Waals surface area contributed by atoms with Crippen LogP contribution in [0.25, 0.3) is 0 Å². The predicted octanol–water partition coefficient (Wildman–Crippen LogP) is 2.33. The van der Waals surface area contributed by atoms with E-state index in [1.165, 1.54) is 0 Å². The van der Waals surface area contributed by atoms with Crippen LogP contribution in [0.15, 0.2) is 36.4 Å². The maximum atomic E-state index is 13.5. The first-order valence-electron chi connectivity index (χ1n) is 11.8. The van der Waals surface area contributed by atoms with Gasteiger partial charge in [0.15, 0.2) is 0 Å². The minimum absolute atomic E-state index is 0.0122. The molecule has 5 atom stereocenters. The van der Waals surface area contributed by atoms with Crippen LogP contribution in [0.4, 0.5) is 10.5 Å². The third-order valence-corrected chi connectivity index (χ3v) is 6.59. The first-order valence-corrected chi connectivity index (χ1v) is 12.1. The number of fused-ring (bicyclic) bond motifs is 1. The monoisotopic (exact) mass is 504 g/mol. The fourth-order valence-electron chi connectivity index (χ4n) is 4.70. The number of urea groups is 1. The van der Waals surface area contributed by atoms with Crippen molar-refractivity contribution in [1.82, 2.24) is 15.5 Å². The van der Waals surface area contributed by atoms with Crippen molar-refractivity contribution in [3.63, 3.8) is 0 Å². The molecule has 0 aliphatic carbocycles. The van der Waals surface area contributed by atoms with E-state index in [9.17, 15) is 19.2 Å². The maximum absolute atomic E-state index is 13.5. The highest BCUT2D eigenvalue weighted by Gasteiger charge is 2.45. The highest BCUT2D eigenvalue weighted by Crippen LogP contribution is 2.30. The van der Waals surface area contributed by atoms with Gasteiger partial charge in [-0.15, -0.1) is 0 Å². The Labute approximate surface area is 208 Å². The molecule has 0 spiro atoms. The van der Waals surface area contributed by atoms with Gasteiger partial charge >= 0.3 is 12.0 Å². The molecular formula is C24H29ClN4O6. The number of carbonyl (C=O) groups is 4. The number of halogens is 1. The number of rotatable bonds is 6. The fraction of sp³-hybridized carbons (Fsp3) is 0.500. The average Bonchev–Trinajstić information content (AvgIpc) is 3.39. The molecule has 2 unspecified atom stereocenters. The molecule has 2 saturated heterocycles. The highest BCUT2D eigenvalue weighted by molar-refractivity contribution is 6.30.